The normalized spacial score (nSPS) is 29.2. The van der Waals surface area contributed by atoms with Crippen LogP contribution < -0.4 is 0 Å². The van der Waals surface area contributed by atoms with Gasteiger partial charge in [0.15, 0.2) is 0 Å². The third-order valence-electron chi connectivity index (χ3n) is 1.96. The van der Waals surface area contributed by atoms with Gasteiger partial charge in [-0.05, 0) is 6.42 Å². The first-order valence-electron chi connectivity index (χ1n) is 3.81. The van der Waals surface area contributed by atoms with Crippen molar-refractivity contribution in [2.45, 2.75) is 25.1 Å². The Bertz CT molecular complexity index is 202. The van der Waals surface area contributed by atoms with E-state index in [0.717, 1.165) is 0 Å². The molecule has 1 N–H and O–H groups in total. The van der Waals surface area contributed by atoms with Crippen LogP contribution in [0.2, 0.25) is 0 Å². The fraction of sp³-hybridized carbons (Fsp3) is 0.857. The largest absolute Gasteiger partial charge is 0.481 e. The molecule has 1 heterocycles. The summed E-state index contributed by atoms with van der Waals surface area (Å²) < 4.78 is 40.3. The second-order valence-corrected chi connectivity index (χ2v) is 2.96. The lowest BCUT2D eigenvalue weighted by Crippen LogP contribution is -2.29. The maximum Gasteiger partial charge on any atom is 0.391 e. The maximum atomic E-state index is 11.9. The molecular weight excluding hydrogens is 189 g/mol. The van der Waals surface area contributed by atoms with Crippen LogP contribution in [0.4, 0.5) is 13.2 Å². The Morgan fingerprint density at radius 2 is 2.15 bits per heavy atom. The fourth-order valence-electron chi connectivity index (χ4n) is 1.36. The third-order valence-corrected chi connectivity index (χ3v) is 1.96. The Morgan fingerprint density at radius 1 is 1.54 bits per heavy atom. The van der Waals surface area contributed by atoms with Crippen LogP contribution in [0, 0.1) is 5.92 Å². The second-order valence-electron chi connectivity index (χ2n) is 2.96. The molecule has 1 aliphatic rings. The Morgan fingerprint density at radius 3 is 2.62 bits per heavy atom. The van der Waals surface area contributed by atoms with E-state index in [1.807, 2.05) is 0 Å². The van der Waals surface area contributed by atoms with E-state index in [0.29, 0.717) is 0 Å². The average molecular weight is 198 g/mol. The van der Waals surface area contributed by atoms with Crippen LogP contribution in [0.15, 0.2) is 0 Å². The van der Waals surface area contributed by atoms with Crippen LogP contribution in [0.1, 0.15) is 12.8 Å². The van der Waals surface area contributed by atoms with Crippen molar-refractivity contribution < 1.29 is 27.8 Å². The SMILES string of the molecule is O=C(O)C1CCOC1CC(F)(F)F. The number of rotatable bonds is 2. The van der Waals surface area contributed by atoms with E-state index in [1.54, 1.807) is 0 Å². The average Bonchev–Trinajstić information content (AvgIpc) is 2.31. The van der Waals surface area contributed by atoms with Crippen LogP contribution >= 0.6 is 0 Å². The summed E-state index contributed by atoms with van der Waals surface area (Å²) in [7, 11) is 0. The van der Waals surface area contributed by atoms with E-state index < -0.39 is 30.6 Å². The molecule has 0 saturated carbocycles. The minimum atomic E-state index is -4.36. The van der Waals surface area contributed by atoms with Gasteiger partial charge >= 0.3 is 12.1 Å². The summed E-state index contributed by atoms with van der Waals surface area (Å²) >= 11 is 0. The quantitative estimate of drug-likeness (QED) is 0.730. The summed E-state index contributed by atoms with van der Waals surface area (Å²) in [6, 6.07) is 0. The molecule has 1 rings (SSSR count). The van der Waals surface area contributed by atoms with Crippen LogP contribution in [0.25, 0.3) is 0 Å². The van der Waals surface area contributed by atoms with Crippen LogP contribution in [0.3, 0.4) is 0 Å². The molecule has 0 radical (unpaired) electrons. The minimum absolute atomic E-state index is 0.0950. The highest BCUT2D eigenvalue weighted by molar-refractivity contribution is 5.71. The maximum absolute atomic E-state index is 11.9. The first-order valence-corrected chi connectivity index (χ1v) is 3.81. The fourth-order valence-corrected chi connectivity index (χ4v) is 1.36. The molecule has 0 aliphatic carbocycles. The Balaban J connectivity index is 2.54. The molecule has 2 atom stereocenters. The Kier molecular flexibility index (Phi) is 2.80. The van der Waals surface area contributed by atoms with Crippen LogP contribution in [0.5, 0.6) is 0 Å². The molecule has 1 aliphatic heterocycles. The highest BCUT2D eigenvalue weighted by Gasteiger charge is 2.41. The van der Waals surface area contributed by atoms with Crippen molar-refractivity contribution in [1.29, 1.82) is 0 Å². The minimum Gasteiger partial charge on any atom is -0.481 e. The first kappa shape index (κ1) is 10.3. The van der Waals surface area contributed by atoms with Gasteiger partial charge in [0.2, 0.25) is 0 Å². The van der Waals surface area contributed by atoms with Crippen LogP contribution in [-0.4, -0.2) is 30.0 Å². The lowest BCUT2D eigenvalue weighted by Gasteiger charge is -2.16. The predicted octanol–water partition coefficient (Wildman–Crippen LogP) is 1.43. The molecule has 1 fully saturated rings. The van der Waals surface area contributed by atoms with Crippen molar-refractivity contribution in [3.05, 3.63) is 0 Å². The van der Waals surface area contributed by atoms with Gasteiger partial charge in [-0.15, -0.1) is 0 Å². The highest BCUT2D eigenvalue weighted by atomic mass is 19.4. The van der Waals surface area contributed by atoms with Crippen molar-refractivity contribution in [1.82, 2.24) is 0 Å². The molecule has 2 unspecified atom stereocenters. The van der Waals surface area contributed by atoms with E-state index in [9.17, 15) is 18.0 Å². The molecule has 3 nitrogen and oxygen atoms in total. The smallest absolute Gasteiger partial charge is 0.391 e. The topological polar surface area (TPSA) is 46.5 Å². The molecule has 0 amide bonds. The van der Waals surface area contributed by atoms with E-state index in [-0.39, 0.29) is 13.0 Å². The summed E-state index contributed by atoms with van der Waals surface area (Å²) in [4.78, 5) is 10.5. The van der Waals surface area contributed by atoms with Crippen molar-refractivity contribution in [3.8, 4) is 0 Å². The molecule has 0 aromatic carbocycles. The lowest BCUT2D eigenvalue weighted by molar-refractivity contribution is -0.164. The zero-order chi connectivity index (χ0) is 10.1. The van der Waals surface area contributed by atoms with Crippen LogP contribution in [-0.2, 0) is 9.53 Å². The summed E-state index contributed by atoms with van der Waals surface area (Å²) in [5.74, 6) is -2.23. The van der Waals surface area contributed by atoms with Gasteiger partial charge in [-0.25, -0.2) is 0 Å². The monoisotopic (exact) mass is 198 g/mol. The second kappa shape index (κ2) is 3.53. The molecule has 76 valence electrons. The molecule has 6 heteroatoms. The van der Waals surface area contributed by atoms with Gasteiger partial charge in [0.05, 0.1) is 18.4 Å². The molecular formula is C7H9F3O3. The van der Waals surface area contributed by atoms with E-state index >= 15 is 0 Å². The summed E-state index contributed by atoms with van der Waals surface area (Å²) in [6.45, 7) is 0.0950. The molecule has 0 spiro atoms. The number of carboxylic acid groups (broad SMARTS) is 1. The molecule has 0 bridgehead atoms. The van der Waals surface area contributed by atoms with Gasteiger partial charge < -0.3 is 9.84 Å². The highest BCUT2D eigenvalue weighted by Crippen LogP contribution is 2.31. The number of carboxylic acids is 1. The van der Waals surface area contributed by atoms with Gasteiger partial charge in [0, 0.05) is 6.61 Å². The van der Waals surface area contributed by atoms with Crippen molar-refractivity contribution in [2.24, 2.45) is 5.92 Å². The Labute approximate surface area is 72.5 Å². The molecule has 0 aromatic rings. The van der Waals surface area contributed by atoms with Crippen molar-refractivity contribution in [2.75, 3.05) is 6.61 Å². The van der Waals surface area contributed by atoms with E-state index in [4.69, 9.17) is 9.84 Å². The number of carbonyl (C=O) groups is 1. The van der Waals surface area contributed by atoms with Gasteiger partial charge in [-0.1, -0.05) is 0 Å². The Hall–Kier alpha value is -0.780. The number of hydrogen-bond donors (Lipinski definition) is 1. The number of ether oxygens (including phenoxy) is 1. The number of aliphatic carboxylic acids is 1. The molecule has 1 saturated heterocycles. The lowest BCUT2D eigenvalue weighted by atomic mass is 9.99. The standard InChI is InChI=1S/C7H9F3O3/c8-7(9,10)3-5-4(6(11)12)1-2-13-5/h4-5H,1-3H2,(H,11,12). The zero-order valence-corrected chi connectivity index (χ0v) is 6.67. The van der Waals surface area contributed by atoms with Gasteiger partial charge in [-0.2, -0.15) is 13.2 Å². The van der Waals surface area contributed by atoms with Crippen molar-refractivity contribution in [3.63, 3.8) is 0 Å². The summed E-state index contributed by atoms with van der Waals surface area (Å²) in [5.41, 5.74) is 0. The molecule has 0 aromatic heterocycles. The predicted molar refractivity (Wildman–Crippen MR) is 36.2 cm³/mol. The van der Waals surface area contributed by atoms with Gasteiger partial charge in [0.1, 0.15) is 0 Å². The van der Waals surface area contributed by atoms with Gasteiger partial charge in [-0.3, -0.25) is 4.79 Å². The number of hydrogen-bond acceptors (Lipinski definition) is 2. The van der Waals surface area contributed by atoms with Gasteiger partial charge in [0.25, 0.3) is 0 Å². The first-order chi connectivity index (χ1) is 5.90. The third kappa shape index (κ3) is 2.87. The van der Waals surface area contributed by atoms with E-state index in [2.05, 4.69) is 0 Å². The molecule has 13 heavy (non-hydrogen) atoms. The summed E-state index contributed by atoms with van der Waals surface area (Å²) in [6.07, 6.45) is -6.58. The summed E-state index contributed by atoms with van der Waals surface area (Å²) in [5, 5.41) is 8.53. The zero-order valence-electron chi connectivity index (χ0n) is 6.67. The van der Waals surface area contributed by atoms with E-state index in [1.165, 1.54) is 0 Å². The number of halogens is 3. The number of alkyl halides is 3. The van der Waals surface area contributed by atoms with Crippen molar-refractivity contribution >= 4 is 5.97 Å².